The highest BCUT2D eigenvalue weighted by molar-refractivity contribution is 7.15. The fourth-order valence-electron chi connectivity index (χ4n) is 1.91. The van der Waals surface area contributed by atoms with E-state index in [1.165, 1.54) is 17.4 Å². The molecule has 0 spiro atoms. The van der Waals surface area contributed by atoms with Crippen molar-refractivity contribution in [1.82, 2.24) is 5.32 Å². The molecule has 1 aromatic heterocycles. The van der Waals surface area contributed by atoms with Crippen molar-refractivity contribution in [3.8, 4) is 10.4 Å². The largest absolute Gasteiger partial charge is 0.309 e. The first-order valence-electron chi connectivity index (χ1n) is 6.51. The van der Waals surface area contributed by atoms with Crippen LogP contribution in [0.2, 0.25) is 0 Å². The van der Waals surface area contributed by atoms with Gasteiger partial charge in [-0.3, -0.25) is 0 Å². The third-order valence-electron chi connectivity index (χ3n) is 3.05. The van der Waals surface area contributed by atoms with Crippen molar-refractivity contribution in [2.45, 2.75) is 26.3 Å². The van der Waals surface area contributed by atoms with E-state index in [1.807, 2.05) is 13.0 Å². The second-order valence-corrected chi connectivity index (χ2v) is 5.72. The molecular weight excluding hydrogens is 283 g/mol. The molecule has 0 amide bonds. The molecule has 108 valence electrons. The zero-order valence-electron chi connectivity index (χ0n) is 11.3. The van der Waals surface area contributed by atoms with Gasteiger partial charge in [-0.15, -0.1) is 11.3 Å². The smallest absolute Gasteiger partial charge is 0.195 e. The lowest BCUT2D eigenvalue weighted by molar-refractivity contribution is 0.449. The first-order chi connectivity index (χ1) is 9.54. The van der Waals surface area contributed by atoms with Gasteiger partial charge in [-0.1, -0.05) is 6.92 Å². The summed E-state index contributed by atoms with van der Waals surface area (Å²) in [5.41, 5.74) is 0.0999. The molecule has 1 N–H and O–H groups in total. The van der Waals surface area contributed by atoms with Gasteiger partial charge in [-0.2, -0.15) is 0 Å². The molecule has 20 heavy (non-hydrogen) atoms. The molecule has 0 aliphatic carbocycles. The maximum absolute atomic E-state index is 13.7. The van der Waals surface area contributed by atoms with Crippen molar-refractivity contribution in [2.75, 3.05) is 6.54 Å². The number of rotatable bonds is 5. The molecule has 0 bridgehead atoms. The summed E-state index contributed by atoms with van der Waals surface area (Å²) in [4.78, 5) is 1.64. The van der Waals surface area contributed by atoms with Gasteiger partial charge in [0.25, 0.3) is 0 Å². The molecule has 1 atom stereocenters. The average molecular weight is 299 g/mol. The topological polar surface area (TPSA) is 12.0 Å². The zero-order chi connectivity index (χ0) is 14.7. The summed E-state index contributed by atoms with van der Waals surface area (Å²) in [7, 11) is 0. The van der Waals surface area contributed by atoms with Crippen LogP contribution in [0.5, 0.6) is 0 Å². The van der Waals surface area contributed by atoms with Crippen LogP contribution in [0.15, 0.2) is 24.3 Å². The Kier molecular flexibility index (Phi) is 4.83. The summed E-state index contributed by atoms with van der Waals surface area (Å²) in [6.07, 6.45) is 1.03. The number of nitrogens with one attached hydrogen (secondary N) is 1. The third kappa shape index (κ3) is 3.04. The van der Waals surface area contributed by atoms with Gasteiger partial charge >= 0.3 is 0 Å². The number of hydrogen-bond donors (Lipinski definition) is 1. The second-order valence-electron chi connectivity index (χ2n) is 4.60. The molecule has 0 fully saturated rings. The Bertz CT molecular complexity index is 595. The van der Waals surface area contributed by atoms with Crippen molar-refractivity contribution in [1.29, 1.82) is 0 Å². The molecule has 2 rings (SSSR count). The summed E-state index contributed by atoms with van der Waals surface area (Å²) < 4.78 is 39.9. The van der Waals surface area contributed by atoms with E-state index >= 15 is 0 Å². The molecule has 1 nitrogen and oxygen atoms in total. The normalized spacial score (nSPS) is 12.7. The van der Waals surface area contributed by atoms with Crippen molar-refractivity contribution in [2.24, 2.45) is 0 Å². The minimum Gasteiger partial charge on any atom is -0.309 e. The van der Waals surface area contributed by atoms with Crippen LogP contribution in [0, 0.1) is 17.5 Å². The monoisotopic (exact) mass is 299 g/mol. The minimum absolute atomic E-state index is 0.0999. The first kappa shape index (κ1) is 15.1. The summed E-state index contributed by atoms with van der Waals surface area (Å²) in [6, 6.07) is 6.00. The third-order valence-corrected chi connectivity index (χ3v) is 4.36. The van der Waals surface area contributed by atoms with Crippen LogP contribution in [-0.4, -0.2) is 6.54 Å². The Morgan fingerprint density at radius 3 is 2.55 bits per heavy atom. The maximum atomic E-state index is 13.7. The Morgan fingerprint density at radius 1 is 1.10 bits per heavy atom. The standard InChI is InChI=1S/C15H16F3NS/c1-3-8-19-9(2)12-6-7-13(20-12)10-4-5-11(16)15(18)14(10)17/h4-7,9,19H,3,8H2,1-2H3. The summed E-state index contributed by atoms with van der Waals surface area (Å²) in [5.74, 6) is -3.72. The van der Waals surface area contributed by atoms with Gasteiger partial charge in [0.1, 0.15) is 0 Å². The van der Waals surface area contributed by atoms with Crippen molar-refractivity contribution in [3.63, 3.8) is 0 Å². The van der Waals surface area contributed by atoms with Gasteiger partial charge < -0.3 is 5.32 Å². The van der Waals surface area contributed by atoms with E-state index in [2.05, 4.69) is 12.2 Å². The van der Waals surface area contributed by atoms with E-state index in [9.17, 15) is 13.2 Å². The van der Waals surface area contributed by atoms with Gasteiger partial charge in [0.2, 0.25) is 0 Å². The summed E-state index contributed by atoms with van der Waals surface area (Å²) in [5, 5.41) is 3.33. The number of thiophene rings is 1. The highest BCUT2D eigenvalue weighted by Gasteiger charge is 2.17. The van der Waals surface area contributed by atoms with E-state index in [0.717, 1.165) is 23.9 Å². The molecule has 0 saturated heterocycles. The number of halogens is 3. The first-order valence-corrected chi connectivity index (χ1v) is 7.33. The molecule has 0 aliphatic heterocycles. The quantitative estimate of drug-likeness (QED) is 0.775. The molecular formula is C15H16F3NS. The molecule has 1 heterocycles. The van der Waals surface area contributed by atoms with E-state index in [1.54, 1.807) is 6.07 Å². The van der Waals surface area contributed by atoms with Crippen LogP contribution in [0.3, 0.4) is 0 Å². The van der Waals surface area contributed by atoms with Gasteiger partial charge in [0.15, 0.2) is 17.5 Å². The van der Waals surface area contributed by atoms with Crippen molar-refractivity contribution < 1.29 is 13.2 Å². The Morgan fingerprint density at radius 2 is 1.85 bits per heavy atom. The fraction of sp³-hybridized carbons (Fsp3) is 0.333. The van der Waals surface area contributed by atoms with E-state index in [-0.39, 0.29) is 11.6 Å². The predicted octanol–water partition coefficient (Wildman–Crippen LogP) is 4.89. The van der Waals surface area contributed by atoms with Crippen LogP contribution < -0.4 is 5.32 Å². The highest BCUT2D eigenvalue weighted by Crippen LogP contribution is 2.34. The zero-order valence-corrected chi connectivity index (χ0v) is 12.2. The van der Waals surface area contributed by atoms with E-state index in [4.69, 9.17) is 0 Å². The fourth-order valence-corrected chi connectivity index (χ4v) is 2.96. The number of hydrogen-bond acceptors (Lipinski definition) is 2. The number of benzene rings is 1. The lowest BCUT2D eigenvalue weighted by Crippen LogP contribution is -2.18. The molecule has 0 aliphatic rings. The lowest BCUT2D eigenvalue weighted by Gasteiger charge is -2.10. The SMILES string of the molecule is CCCNC(C)c1ccc(-c2ccc(F)c(F)c2F)s1. The minimum atomic E-state index is -1.42. The lowest BCUT2D eigenvalue weighted by atomic mass is 10.1. The van der Waals surface area contributed by atoms with Crippen LogP contribution >= 0.6 is 11.3 Å². The molecule has 5 heteroatoms. The molecule has 1 unspecified atom stereocenters. The average Bonchev–Trinajstić information content (AvgIpc) is 2.92. The molecule has 0 saturated carbocycles. The van der Waals surface area contributed by atoms with Gasteiger partial charge in [0, 0.05) is 21.4 Å². The van der Waals surface area contributed by atoms with Crippen LogP contribution in [0.25, 0.3) is 10.4 Å². The molecule has 2 aromatic rings. The summed E-state index contributed by atoms with van der Waals surface area (Å²) in [6.45, 7) is 5.00. The van der Waals surface area contributed by atoms with Crippen molar-refractivity contribution >= 4 is 11.3 Å². The van der Waals surface area contributed by atoms with Crippen LogP contribution in [0.1, 0.15) is 31.2 Å². The Labute approximate surface area is 120 Å². The van der Waals surface area contributed by atoms with E-state index in [0.29, 0.717) is 4.88 Å². The molecule has 0 radical (unpaired) electrons. The van der Waals surface area contributed by atoms with Gasteiger partial charge in [-0.25, -0.2) is 13.2 Å². The Balaban J connectivity index is 2.27. The van der Waals surface area contributed by atoms with Gasteiger partial charge in [0.05, 0.1) is 0 Å². The van der Waals surface area contributed by atoms with Gasteiger partial charge in [-0.05, 0) is 44.2 Å². The summed E-state index contributed by atoms with van der Waals surface area (Å²) >= 11 is 1.38. The highest BCUT2D eigenvalue weighted by atomic mass is 32.1. The van der Waals surface area contributed by atoms with E-state index < -0.39 is 17.5 Å². The maximum Gasteiger partial charge on any atom is 0.195 e. The van der Waals surface area contributed by atoms with Crippen LogP contribution in [0.4, 0.5) is 13.2 Å². The second kappa shape index (κ2) is 6.41. The Hall–Kier alpha value is -1.33. The van der Waals surface area contributed by atoms with Crippen molar-refractivity contribution in [3.05, 3.63) is 46.6 Å². The van der Waals surface area contributed by atoms with Crippen LogP contribution in [-0.2, 0) is 0 Å². The molecule has 1 aromatic carbocycles. The predicted molar refractivity (Wildman–Crippen MR) is 76.3 cm³/mol.